The highest BCUT2D eigenvalue weighted by Crippen LogP contribution is 2.09. The highest BCUT2D eigenvalue weighted by atomic mass is 16.2. The molecule has 150 valence electrons. The van der Waals surface area contributed by atoms with Crippen LogP contribution in [-0.2, 0) is 9.59 Å². The number of likely N-dealkylation sites (N-methyl/N-ethyl adjacent to an activating group) is 1. The van der Waals surface area contributed by atoms with Crippen LogP contribution in [0.5, 0.6) is 0 Å². The van der Waals surface area contributed by atoms with E-state index in [1.165, 1.54) is 39.0 Å². The lowest BCUT2D eigenvalue weighted by Crippen LogP contribution is -2.43. The van der Waals surface area contributed by atoms with Crippen LogP contribution in [0.3, 0.4) is 0 Å². The number of hydrogen-bond acceptors (Lipinski definition) is 3. The summed E-state index contributed by atoms with van der Waals surface area (Å²) < 4.78 is 22.1. The maximum atomic E-state index is 11.9. The Morgan fingerprint density at radius 3 is 2.15 bits per heavy atom. The Balaban J connectivity index is 3.82. The standard InChI is InChI=1S/C21H39N3O2/c1-4-5-6-7-8-9-10-11-12-13-14-15-16-17-20(26)23-21(22)24(3)18-19(2)25/h9-10H,4-8,11-18H2,1-3H3,(H2,22,23,26)/b10-9-/i3D3. The van der Waals surface area contributed by atoms with Crippen molar-refractivity contribution in [1.29, 1.82) is 5.41 Å². The number of hydrogen-bond donors (Lipinski definition) is 2. The predicted molar refractivity (Wildman–Crippen MR) is 109 cm³/mol. The highest BCUT2D eigenvalue weighted by Gasteiger charge is 2.10. The van der Waals surface area contributed by atoms with Crippen molar-refractivity contribution in [3.8, 4) is 0 Å². The first-order valence-electron chi connectivity index (χ1n) is 11.5. The van der Waals surface area contributed by atoms with E-state index in [0.717, 1.165) is 32.1 Å². The molecule has 0 aliphatic heterocycles. The fourth-order valence-electron chi connectivity index (χ4n) is 2.57. The topological polar surface area (TPSA) is 73.3 Å². The summed E-state index contributed by atoms with van der Waals surface area (Å²) in [6, 6.07) is 0. The molecule has 0 heterocycles. The molecule has 0 aromatic carbocycles. The number of rotatable bonds is 15. The average molecular weight is 369 g/mol. The number of ketones is 1. The van der Waals surface area contributed by atoms with Crippen LogP contribution < -0.4 is 5.32 Å². The third-order valence-corrected chi connectivity index (χ3v) is 4.07. The number of allylic oxidation sites excluding steroid dienone is 2. The molecule has 0 saturated heterocycles. The molecule has 0 bridgehead atoms. The molecule has 0 aromatic rings. The Kier molecular flexibility index (Phi) is 12.4. The highest BCUT2D eigenvalue weighted by molar-refractivity contribution is 5.96. The van der Waals surface area contributed by atoms with E-state index in [4.69, 9.17) is 9.52 Å². The lowest BCUT2D eigenvalue weighted by molar-refractivity contribution is -0.120. The van der Waals surface area contributed by atoms with E-state index in [1.807, 2.05) is 0 Å². The first-order chi connectivity index (χ1) is 13.7. The van der Waals surface area contributed by atoms with Crippen molar-refractivity contribution in [2.75, 3.05) is 13.5 Å². The van der Waals surface area contributed by atoms with Crippen LogP contribution >= 0.6 is 0 Å². The lowest BCUT2D eigenvalue weighted by Gasteiger charge is -2.18. The molecule has 0 aromatic heterocycles. The largest absolute Gasteiger partial charge is 0.339 e. The van der Waals surface area contributed by atoms with Gasteiger partial charge in [-0.3, -0.25) is 20.3 Å². The second-order valence-electron chi connectivity index (χ2n) is 6.81. The number of carbonyl (C=O) groups excluding carboxylic acids is 2. The smallest absolute Gasteiger partial charge is 0.226 e. The van der Waals surface area contributed by atoms with Gasteiger partial charge < -0.3 is 4.90 Å². The molecule has 5 nitrogen and oxygen atoms in total. The van der Waals surface area contributed by atoms with Crippen molar-refractivity contribution in [3.63, 3.8) is 0 Å². The Morgan fingerprint density at radius 2 is 1.58 bits per heavy atom. The first kappa shape index (κ1) is 19.1. The quantitative estimate of drug-likeness (QED) is 0.188. The van der Waals surface area contributed by atoms with Gasteiger partial charge in [0.1, 0.15) is 5.78 Å². The fourth-order valence-corrected chi connectivity index (χ4v) is 2.57. The number of guanidine groups is 1. The van der Waals surface area contributed by atoms with Crippen LogP contribution in [-0.4, -0.2) is 36.1 Å². The minimum atomic E-state index is -2.64. The molecule has 0 aliphatic rings. The fraction of sp³-hybridized carbons (Fsp3) is 0.762. The van der Waals surface area contributed by atoms with Gasteiger partial charge in [0.25, 0.3) is 0 Å². The van der Waals surface area contributed by atoms with Gasteiger partial charge in [-0.25, -0.2) is 0 Å². The summed E-state index contributed by atoms with van der Waals surface area (Å²) >= 11 is 0. The van der Waals surface area contributed by atoms with Crippen molar-refractivity contribution < 1.29 is 13.7 Å². The Bertz CT molecular complexity index is 520. The van der Waals surface area contributed by atoms with E-state index in [9.17, 15) is 9.59 Å². The monoisotopic (exact) mass is 368 g/mol. The van der Waals surface area contributed by atoms with Crippen LogP contribution in [0.2, 0.25) is 0 Å². The van der Waals surface area contributed by atoms with Gasteiger partial charge in [0.05, 0.1) is 6.54 Å². The summed E-state index contributed by atoms with van der Waals surface area (Å²) in [5, 5.41) is 10.1. The minimum Gasteiger partial charge on any atom is -0.339 e. The number of nitrogens with one attached hydrogen (secondary N) is 2. The van der Waals surface area contributed by atoms with E-state index >= 15 is 0 Å². The number of unbranched alkanes of at least 4 members (excludes halogenated alkanes) is 9. The SMILES string of the molecule is [2H]C([2H])([2H])N(CC(C)=O)C(=N)NC(=O)CCCCCCC/C=C\CCCCCC. The van der Waals surface area contributed by atoms with Crippen molar-refractivity contribution in [3.05, 3.63) is 12.2 Å². The second kappa shape index (κ2) is 16.8. The molecule has 1 amide bonds. The molecule has 0 spiro atoms. The van der Waals surface area contributed by atoms with Gasteiger partial charge in [0.2, 0.25) is 5.91 Å². The zero-order chi connectivity index (χ0) is 22.1. The molecule has 0 saturated carbocycles. The maximum Gasteiger partial charge on any atom is 0.226 e. The van der Waals surface area contributed by atoms with Crippen molar-refractivity contribution >= 4 is 17.6 Å². The van der Waals surface area contributed by atoms with Gasteiger partial charge in [-0.15, -0.1) is 0 Å². The van der Waals surface area contributed by atoms with Crippen molar-refractivity contribution in [1.82, 2.24) is 10.2 Å². The molecule has 0 rings (SSSR count). The number of amides is 1. The van der Waals surface area contributed by atoms with E-state index in [1.54, 1.807) is 0 Å². The van der Waals surface area contributed by atoms with E-state index in [2.05, 4.69) is 24.4 Å². The first-order valence-corrected chi connectivity index (χ1v) is 9.99. The molecule has 2 N–H and O–H groups in total. The molecule has 0 radical (unpaired) electrons. The average Bonchev–Trinajstić information content (AvgIpc) is 2.62. The summed E-state index contributed by atoms with van der Waals surface area (Å²) in [4.78, 5) is 23.7. The number of Topliss-reactive ketones (excluding diaryl/α,β-unsaturated/α-hetero) is 1. The van der Waals surface area contributed by atoms with E-state index in [0.29, 0.717) is 11.3 Å². The minimum absolute atomic E-state index is 0.245. The molecule has 0 atom stereocenters. The van der Waals surface area contributed by atoms with Gasteiger partial charge in [-0.1, -0.05) is 57.6 Å². The summed E-state index contributed by atoms with van der Waals surface area (Å²) in [6.07, 6.45) is 17.2. The lowest BCUT2D eigenvalue weighted by atomic mass is 10.1. The molecule has 0 unspecified atom stereocenters. The Hall–Kier alpha value is -1.65. The molecular formula is C21H39N3O2. The third-order valence-electron chi connectivity index (χ3n) is 4.07. The number of carbonyl (C=O) groups is 2. The van der Waals surface area contributed by atoms with Crippen LogP contribution in [0.25, 0.3) is 0 Å². The molecule has 0 fully saturated rings. The van der Waals surface area contributed by atoms with E-state index in [-0.39, 0.29) is 18.1 Å². The normalized spacial score (nSPS) is 13.1. The summed E-state index contributed by atoms with van der Waals surface area (Å²) in [5.41, 5.74) is 0. The van der Waals surface area contributed by atoms with Gasteiger partial charge >= 0.3 is 0 Å². The van der Waals surface area contributed by atoms with Gasteiger partial charge in [0, 0.05) is 17.5 Å². The second-order valence-corrected chi connectivity index (χ2v) is 6.81. The van der Waals surface area contributed by atoms with Crippen LogP contribution in [0.15, 0.2) is 12.2 Å². The zero-order valence-electron chi connectivity index (χ0n) is 19.6. The van der Waals surface area contributed by atoms with Crippen molar-refractivity contribution in [2.24, 2.45) is 0 Å². The summed E-state index contributed by atoms with van der Waals surface area (Å²) in [7, 11) is 0. The molecular weight excluding hydrogens is 326 g/mol. The summed E-state index contributed by atoms with van der Waals surface area (Å²) in [5.74, 6) is -1.32. The molecule has 26 heavy (non-hydrogen) atoms. The van der Waals surface area contributed by atoms with Crippen LogP contribution in [0, 0.1) is 5.41 Å². The van der Waals surface area contributed by atoms with Crippen LogP contribution in [0.1, 0.15) is 95.0 Å². The molecule has 0 aliphatic carbocycles. The van der Waals surface area contributed by atoms with Crippen molar-refractivity contribution in [2.45, 2.75) is 90.9 Å². The predicted octanol–water partition coefficient (Wildman–Crippen LogP) is 4.82. The molecule has 5 heteroatoms. The Morgan fingerprint density at radius 1 is 1.00 bits per heavy atom. The maximum absolute atomic E-state index is 11.9. The summed E-state index contributed by atoms with van der Waals surface area (Å²) in [6.45, 7) is 0.401. The van der Waals surface area contributed by atoms with E-state index < -0.39 is 19.5 Å². The zero-order valence-corrected chi connectivity index (χ0v) is 16.6. The van der Waals surface area contributed by atoms with Gasteiger partial charge in [-0.2, -0.15) is 0 Å². The third kappa shape index (κ3) is 15.9. The van der Waals surface area contributed by atoms with Gasteiger partial charge in [-0.05, 0) is 39.0 Å². The Labute approximate surface area is 164 Å². The number of nitrogens with zero attached hydrogens (tertiary/aromatic N) is 1. The van der Waals surface area contributed by atoms with Gasteiger partial charge in [0.15, 0.2) is 5.96 Å². The van der Waals surface area contributed by atoms with Crippen LogP contribution in [0.4, 0.5) is 0 Å².